The van der Waals surface area contributed by atoms with Gasteiger partial charge in [0.1, 0.15) is 22.5 Å². The second kappa shape index (κ2) is 8.06. The molecule has 1 saturated carbocycles. The number of fused-ring (bicyclic) bond motifs is 3. The van der Waals surface area contributed by atoms with Crippen LogP contribution >= 0.6 is 11.6 Å². The number of nitrogens with one attached hydrogen (secondary N) is 1. The molecule has 5 rings (SSSR count). The minimum absolute atomic E-state index is 0.0186. The summed E-state index contributed by atoms with van der Waals surface area (Å²) < 4.78 is 20.2. The van der Waals surface area contributed by atoms with E-state index in [1.165, 1.54) is 24.3 Å². The van der Waals surface area contributed by atoms with Crippen molar-refractivity contribution in [3.05, 3.63) is 75.0 Å². The van der Waals surface area contributed by atoms with E-state index in [-0.39, 0.29) is 29.2 Å². The fraction of sp³-hybridized carbons (Fsp3) is 0.292. The van der Waals surface area contributed by atoms with Crippen LogP contribution in [0.2, 0.25) is 5.02 Å². The first-order chi connectivity index (χ1) is 15.4. The van der Waals surface area contributed by atoms with Crippen molar-refractivity contribution in [2.45, 2.75) is 32.2 Å². The van der Waals surface area contributed by atoms with E-state index in [9.17, 15) is 14.0 Å². The number of nitrogens with zero attached hydrogens (tertiary/aromatic N) is 2. The number of aryl methyl sites for hydroxylation is 1. The Morgan fingerprint density at radius 2 is 2.00 bits per heavy atom. The number of hydrogen-bond donors (Lipinski definition) is 1. The molecule has 1 amide bonds. The predicted octanol–water partition coefficient (Wildman–Crippen LogP) is 5.01. The molecule has 4 aromatic rings. The standard InChI is InChI=1S/C24H21ClFN3O3/c1-13-20-22(28-32-13)21-18(25)3-2-4-19(21)29(24(20)31)17-10-5-14(11-17)12-27-23(30)15-6-8-16(26)9-7-15/h2-4,6-9,14,17H,5,10-12H2,1H3,(H,27,30). The molecule has 1 aliphatic carbocycles. The summed E-state index contributed by atoms with van der Waals surface area (Å²) in [7, 11) is 0. The van der Waals surface area contributed by atoms with Gasteiger partial charge in [0.05, 0.1) is 10.5 Å². The summed E-state index contributed by atoms with van der Waals surface area (Å²) in [4.78, 5) is 25.8. The number of aromatic nitrogens is 2. The Morgan fingerprint density at radius 3 is 2.78 bits per heavy atom. The molecule has 0 spiro atoms. The lowest BCUT2D eigenvalue weighted by molar-refractivity contribution is 0.0947. The number of benzene rings is 2. The van der Waals surface area contributed by atoms with E-state index in [4.69, 9.17) is 16.1 Å². The van der Waals surface area contributed by atoms with Crippen LogP contribution in [0.15, 0.2) is 51.8 Å². The molecule has 164 valence electrons. The maximum absolute atomic E-state index is 13.4. The molecule has 2 aromatic heterocycles. The third-order valence-electron chi connectivity index (χ3n) is 6.32. The number of hydrogen-bond acceptors (Lipinski definition) is 4. The zero-order valence-electron chi connectivity index (χ0n) is 17.4. The van der Waals surface area contributed by atoms with E-state index in [0.29, 0.717) is 39.2 Å². The largest absolute Gasteiger partial charge is 0.360 e. The van der Waals surface area contributed by atoms with Gasteiger partial charge in [-0.15, -0.1) is 0 Å². The van der Waals surface area contributed by atoms with Crippen LogP contribution in [0.3, 0.4) is 0 Å². The van der Waals surface area contributed by atoms with Crippen molar-refractivity contribution in [1.29, 1.82) is 0 Å². The molecule has 1 aliphatic rings. The monoisotopic (exact) mass is 453 g/mol. The molecule has 8 heteroatoms. The van der Waals surface area contributed by atoms with Crippen LogP contribution in [-0.4, -0.2) is 22.2 Å². The number of pyridine rings is 1. The first kappa shape index (κ1) is 20.7. The zero-order valence-corrected chi connectivity index (χ0v) is 18.2. The second-order valence-corrected chi connectivity index (χ2v) is 8.73. The van der Waals surface area contributed by atoms with Crippen molar-refractivity contribution in [2.75, 3.05) is 6.54 Å². The summed E-state index contributed by atoms with van der Waals surface area (Å²) >= 11 is 6.49. The highest BCUT2D eigenvalue weighted by atomic mass is 35.5. The zero-order chi connectivity index (χ0) is 22.4. The fourth-order valence-corrected chi connectivity index (χ4v) is 5.00. The molecule has 2 aromatic carbocycles. The molecule has 0 aliphatic heterocycles. The van der Waals surface area contributed by atoms with E-state index in [1.54, 1.807) is 13.0 Å². The Balaban J connectivity index is 1.42. The fourth-order valence-electron chi connectivity index (χ4n) is 4.74. The third-order valence-corrected chi connectivity index (χ3v) is 6.63. The summed E-state index contributed by atoms with van der Waals surface area (Å²) in [6.45, 7) is 2.22. The molecule has 1 N–H and O–H groups in total. The van der Waals surface area contributed by atoms with Gasteiger partial charge in [0, 0.05) is 23.5 Å². The Labute approximate surface area is 188 Å². The van der Waals surface area contributed by atoms with Gasteiger partial charge in [-0.05, 0) is 68.5 Å². The average Bonchev–Trinajstić information content (AvgIpc) is 3.40. The third kappa shape index (κ3) is 3.46. The molecular formula is C24H21ClFN3O3. The van der Waals surface area contributed by atoms with Gasteiger partial charge in [0.25, 0.3) is 11.5 Å². The number of halogens is 2. The molecule has 1 fully saturated rings. The van der Waals surface area contributed by atoms with Crippen molar-refractivity contribution in [3.63, 3.8) is 0 Å². The van der Waals surface area contributed by atoms with Crippen molar-refractivity contribution >= 4 is 39.3 Å². The van der Waals surface area contributed by atoms with Crippen molar-refractivity contribution in [3.8, 4) is 0 Å². The molecular weight excluding hydrogens is 433 g/mol. The van der Waals surface area contributed by atoms with E-state index in [0.717, 1.165) is 24.8 Å². The molecule has 0 saturated heterocycles. The van der Waals surface area contributed by atoms with Crippen LogP contribution < -0.4 is 10.9 Å². The van der Waals surface area contributed by atoms with Crippen LogP contribution in [0.4, 0.5) is 4.39 Å². The molecule has 6 nitrogen and oxygen atoms in total. The second-order valence-electron chi connectivity index (χ2n) is 8.32. The molecule has 0 radical (unpaired) electrons. The summed E-state index contributed by atoms with van der Waals surface area (Å²) in [5, 5.41) is 8.72. The molecule has 32 heavy (non-hydrogen) atoms. The van der Waals surface area contributed by atoms with Crippen molar-refractivity contribution in [2.24, 2.45) is 5.92 Å². The first-order valence-corrected chi connectivity index (χ1v) is 10.9. The summed E-state index contributed by atoms with van der Waals surface area (Å²) in [6.07, 6.45) is 2.44. The maximum atomic E-state index is 13.4. The highest BCUT2D eigenvalue weighted by molar-refractivity contribution is 6.37. The Kier molecular flexibility index (Phi) is 5.21. The van der Waals surface area contributed by atoms with E-state index >= 15 is 0 Å². The van der Waals surface area contributed by atoms with Gasteiger partial charge in [-0.25, -0.2) is 4.39 Å². The van der Waals surface area contributed by atoms with Crippen LogP contribution in [0.25, 0.3) is 21.8 Å². The normalized spacial score (nSPS) is 18.5. The Bertz CT molecular complexity index is 1390. The summed E-state index contributed by atoms with van der Waals surface area (Å²) in [5.41, 5.74) is 1.52. The minimum Gasteiger partial charge on any atom is -0.360 e. The van der Waals surface area contributed by atoms with Crippen molar-refractivity contribution in [1.82, 2.24) is 15.0 Å². The van der Waals surface area contributed by atoms with Gasteiger partial charge in [0.2, 0.25) is 0 Å². The average molecular weight is 454 g/mol. The SMILES string of the molecule is Cc1onc2c1c(=O)n(C1CCC(CNC(=O)c3ccc(F)cc3)C1)c1cccc(Cl)c21. The summed E-state index contributed by atoms with van der Waals surface area (Å²) in [5.74, 6) is 0.0915. The number of amides is 1. The minimum atomic E-state index is -0.377. The predicted molar refractivity (Wildman–Crippen MR) is 121 cm³/mol. The van der Waals surface area contributed by atoms with Gasteiger partial charge in [-0.2, -0.15) is 0 Å². The number of rotatable bonds is 4. The van der Waals surface area contributed by atoms with Crippen LogP contribution in [0.1, 0.15) is 41.4 Å². The van der Waals surface area contributed by atoms with Crippen LogP contribution in [-0.2, 0) is 0 Å². The quantitative estimate of drug-likeness (QED) is 0.471. The van der Waals surface area contributed by atoms with Gasteiger partial charge < -0.3 is 14.4 Å². The summed E-state index contributed by atoms with van der Waals surface area (Å²) in [6, 6.07) is 10.9. The molecule has 2 atom stereocenters. The lowest BCUT2D eigenvalue weighted by Gasteiger charge is -2.19. The molecule has 2 heterocycles. The van der Waals surface area contributed by atoms with E-state index in [1.807, 2.05) is 16.7 Å². The first-order valence-electron chi connectivity index (χ1n) is 10.6. The van der Waals surface area contributed by atoms with Gasteiger partial charge in [-0.1, -0.05) is 22.8 Å². The van der Waals surface area contributed by atoms with E-state index in [2.05, 4.69) is 10.5 Å². The van der Waals surface area contributed by atoms with Crippen LogP contribution in [0.5, 0.6) is 0 Å². The van der Waals surface area contributed by atoms with Crippen LogP contribution in [0, 0.1) is 18.7 Å². The lowest BCUT2D eigenvalue weighted by atomic mass is 10.1. The Hall–Kier alpha value is -3.19. The van der Waals surface area contributed by atoms with E-state index < -0.39 is 0 Å². The topological polar surface area (TPSA) is 77.1 Å². The lowest BCUT2D eigenvalue weighted by Crippen LogP contribution is -2.29. The number of carbonyl (C=O) groups is 1. The Morgan fingerprint density at radius 1 is 1.22 bits per heavy atom. The highest BCUT2D eigenvalue weighted by Gasteiger charge is 2.30. The molecule has 0 bridgehead atoms. The number of carbonyl (C=O) groups excluding carboxylic acids is 1. The van der Waals surface area contributed by atoms with Gasteiger partial charge in [0.15, 0.2) is 0 Å². The van der Waals surface area contributed by atoms with Crippen molar-refractivity contribution < 1.29 is 13.7 Å². The smallest absolute Gasteiger partial charge is 0.264 e. The maximum Gasteiger partial charge on any atom is 0.264 e. The highest BCUT2D eigenvalue weighted by Crippen LogP contribution is 2.38. The molecule has 2 unspecified atom stereocenters. The van der Waals surface area contributed by atoms with Gasteiger partial charge in [-0.3, -0.25) is 9.59 Å². The van der Waals surface area contributed by atoms with Gasteiger partial charge >= 0.3 is 0 Å².